The van der Waals surface area contributed by atoms with Crippen LogP contribution in [0.15, 0.2) is 97.2 Å². The van der Waals surface area contributed by atoms with E-state index in [4.69, 9.17) is 12.2 Å². The summed E-state index contributed by atoms with van der Waals surface area (Å²) in [6.45, 7) is 3.88. The fourth-order valence-corrected chi connectivity index (χ4v) is 5.06. The van der Waals surface area contributed by atoms with Crippen molar-refractivity contribution in [3.63, 3.8) is 0 Å². The molecule has 1 saturated heterocycles. The van der Waals surface area contributed by atoms with Crippen LogP contribution in [0.5, 0.6) is 0 Å². The molecular formula is C28H29N5S. The van der Waals surface area contributed by atoms with Gasteiger partial charge in [-0.1, -0.05) is 42.5 Å². The van der Waals surface area contributed by atoms with Gasteiger partial charge in [0, 0.05) is 42.0 Å². The van der Waals surface area contributed by atoms with Crippen molar-refractivity contribution < 1.29 is 0 Å². The average molecular weight is 468 g/mol. The zero-order valence-corrected chi connectivity index (χ0v) is 20.1. The second-order valence-corrected chi connectivity index (χ2v) is 8.92. The van der Waals surface area contributed by atoms with E-state index in [1.165, 1.54) is 11.4 Å². The van der Waals surface area contributed by atoms with Crippen molar-refractivity contribution in [2.24, 2.45) is 0 Å². The molecule has 0 bridgehead atoms. The van der Waals surface area contributed by atoms with Gasteiger partial charge in [-0.3, -0.25) is 4.98 Å². The van der Waals surface area contributed by atoms with Crippen LogP contribution in [0.1, 0.15) is 35.6 Å². The normalized spacial score (nSPS) is 17.6. The number of pyridine rings is 1. The quantitative estimate of drug-likeness (QED) is 0.259. The lowest BCUT2D eigenvalue weighted by atomic mass is 10.0. The lowest BCUT2D eigenvalue weighted by molar-refractivity contribution is 0.307. The van der Waals surface area contributed by atoms with Crippen LogP contribution in [-0.4, -0.2) is 32.7 Å². The number of nitrogens with zero attached hydrogens (tertiary/aromatic N) is 3. The maximum atomic E-state index is 5.86. The Balaban J connectivity index is 1.45. The second kappa shape index (κ2) is 10.1. The highest BCUT2D eigenvalue weighted by molar-refractivity contribution is 7.80. The molecule has 0 aliphatic carbocycles. The van der Waals surface area contributed by atoms with Gasteiger partial charge in [0.05, 0.1) is 17.8 Å². The number of hydrogen-bond acceptors (Lipinski definition) is 3. The van der Waals surface area contributed by atoms with Crippen LogP contribution in [0.2, 0.25) is 0 Å². The molecule has 0 saturated carbocycles. The molecule has 0 amide bonds. The first-order valence-corrected chi connectivity index (χ1v) is 12.1. The van der Waals surface area contributed by atoms with E-state index in [1.807, 2.05) is 24.4 Å². The first kappa shape index (κ1) is 22.2. The van der Waals surface area contributed by atoms with E-state index in [0.717, 1.165) is 41.7 Å². The predicted molar refractivity (Wildman–Crippen MR) is 142 cm³/mol. The van der Waals surface area contributed by atoms with Crippen molar-refractivity contribution in [3.8, 4) is 5.69 Å². The molecule has 1 aliphatic rings. The Labute approximate surface area is 206 Å². The maximum Gasteiger partial charge on any atom is 0.170 e. The predicted octanol–water partition coefficient (Wildman–Crippen LogP) is 5.66. The number of aromatic nitrogens is 2. The fourth-order valence-electron chi connectivity index (χ4n) is 4.73. The number of nitrogens with one attached hydrogen (secondary N) is 2. The zero-order valence-electron chi connectivity index (χ0n) is 19.3. The molecule has 4 aromatic rings. The van der Waals surface area contributed by atoms with E-state index in [1.54, 1.807) is 0 Å². The summed E-state index contributed by atoms with van der Waals surface area (Å²) in [5.74, 6) is 0. The molecule has 34 heavy (non-hydrogen) atoms. The summed E-state index contributed by atoms with van der Waals surface area (Å²) in [4.78, 5) is 7.01. The Morgan fingerprint density at radius 2 is 1.65 bits per heavy atom. The van der Waals surface area contributed by atoms with Crippen LogP contribution in [0, 0.1) is 6.92 Å². The van der Waals surface area contributed by atoms with Crippen molar-refractivity contribution in [2.75, 3.05) is 18.4 Å². The van der Waals surface area contributed by atoms with Crippen LogP contribution in [0.4, 0.5) is 5.69 Å². The minimum absolute atomic E-state index is 0.0208. The highest BCUT2D eigenvalue weighted by Crippen LogP contribution is 2.40. The van der Waals surface area contributed by atoms with Crippen LogP contribution >= 0.6 is 12.2 Å². The van der Waals surface area contributed by atoms with Crippen LogP contribution in [-0.2, 0) is 0 Å². The van der Waals surface area contributed by atoms with Gasteiger partial charge in [0.25, 0.3) is 0 Å². The molecule has 2 N–H and O–H groups in total. The topological polar surface area (TPSA) is 45.1 Å². The van der Waals surface area contributed by atoms with E-state index in [0.29, 0.717) is 0 Å². The van der Waals surface area contributed by atoms with Crippen molar-refractivity contribution in [1.82, 2.24) is 19.8 Å². The van der Waals surface area contributed by atoms with Gasteiger partial charge in [-0.05, 0) is 74.1 Å². The lowest BCUT2D eigenvalue weighted by Crippen LogP contribution is -2.32. The first-order valence-electron chi connectivity index (χ1n) is 11.7. The fraction of sp³-hybridized carbons (Fsp3) is 0.214. The minimum atomic E-state index is -0.0208. The lowest BCUT2D eigenvalue weighted by Gasteiger charge is -2.29. The Hall–Kier alpha value is -3.64. The smallest absolute Gasteiger partial charge is 0.170 e. The van der Waals surface area contributed by atoms with E-state index >= 15 is 0 Å². The third-order valence-corrected chi connectivity index (χ3v) is 6.65. The molecule has 2 unspecified atom stereocenters. The molecule has 172 valence electrons. The molecule has 1 fully saturated rings. The summed E-state index contributed by atoms with van der Waals surface area (Å²) < 4.78 is 2.34. The summed E-state index contributed by atoms with van der Waals surface area (Å²) >= 11 is 5.86. The van der Waals surface area contributed by atoms with Gasteiger partial charge >= 0.3 is 0 Å². The Morgan fingerprint density at radius 3 is 2.38 bits per heavy atom. The molecule has 0 radical (unpaired) electrons. The van der Waals surface area contributed by atoms with Gasteiger partial charge in [0.1, 0.15) is 0 Å². The van der Waals surface area contributed by atoms with Gasteiger partial charge in [-0.25, -0.2) is 0 Å². The van der Waals surface area contributed by atoms with Crippen LogP contribution in [0.3, 0.4) is 0 Å². The minimum Gasteiger partial charge on any atom is -0.385 e. The number of thiocarbonyl (C=S) groups is 1. The number of para-hydroxylation sites is 2. The van der Waals surface area contributed by atoms with Gasteiger partial charge in [-0.2, -0.15) is 0 Å². The third-order valence-electron chi connectivity index (χ3n) is 6.30. The van der Waals surface area contributed by atoms with Gasteiger partial charge in [0.2, 0.25) is 0 Å². The Kier molecular flexibility index (Phi) is 6.58. The molecule has 3 heterocycles. The molecule has 2 atom stereocenters. The summed E-state index contributed by atoms with van der Waals surface area (Å²) in [6, 6.07) is 31.4. The summed E-state index contributed by atoms with van der Waals surface area (Å²) in [5, 5.41) is 7.87. The van der Waals surface area contributed by atoms with Crippen LogP contribution < -0.4 is 10.6 Å². The highest BCUT2D eigenvalue weighted by Gasteiger charge is 2.41. The van der Waals surface area contributed by atoms with Gasteiger partial charge in [-0.15, -0.1) is 0 Å². The van der Waals surface area contributed by atoms with Crippen molar-refractivity contribution >= 4 is 23.0 Å². The molecule has 2 aromatic carbocycles. The van der Waals surface area contributed by atoms with E-state index in [9.17, 15) is 0 Å². The zero-order chi connectivity index (χ0) is 23.3. The summed E-state index contributed by atoms with van der Waals surface area (Å²) in [5.41, 5.74) is 5.70. The average Bonchev–Trinajstić information content (AvgIpc) is 3.42. The summed E-state index contributed by atoms with van der Waals surface area (Å²) in [6.07, 6.45) is 2.82. The molecule has 2 aromatic heterocycles. The van der Waals surface area contributed by atoms with Crippen molar-refractivity contribution in [3.05, 3.63) is 114 Å². The first-order chi connectivity index (χ1) is 16.7. The number of anilines is 1. The third kappa shape index (κ3) is 4.54. The molecular weight excluding hydrogens is 438 g/mol. The van der Waals surface area contributed by atoms with E-state index in [-0.39, 0.29) is 12.1 Å². The number of benzene rings is 2. The van der Waals surface area contributed by atoms with E-state index in [2.05, 4.69) is 105 Å². The standard InChI is InChI=1S/C28H29N5S/c1-21-16-17-25(33(21)23-13-6-3-7-14-23)27-26(24-15-8-9-18-30-24)31-28(34)32(27)20-10-19-29-22-11-4-2-5-12-22/h2-9,11-18,26-27,29H,10,19-20H2,1H3,(H,31,34). The van der Waals surface area contributed by atoms with Gasteiger partial charge < -0.3 is 20.1 Å². The largest absolute Gasteiger partial charge is 0.385 e. The second-order valence-electron chi connectivity index (χ2n) is 8.54. The summed E-state index contributed by atoms with van der Waals surface area (Å²) in [7, 11) is 0. The Morgan fingerprint density at radius 1 is 0.912 bits per heavy atom. The number of rotatable bonds is 8. The van der Waals surface area contributed by atoms with Crippen molar-refractivity contribution in [2.45, 2.75) is 25.4 Å². The molecule has 6 heteroatoms. The molecule has 1 aliphatic heterocycles. The maximum absolute atomic E-state index is 5.86. The highest BCUT2D eigenvalue weighted by atomic mass is 32.1. The van der Waals surface area contributed by atoms with E-state index < -0.39 is 0 Å². The molecule has 5 rings (SSSR count). The Bertz CT molecular complexity index is 1220. The van der Waals surface area contributed by atoms with Gasteiger partial charge in [0.15, 0.2) is 5.11 Å². The number of aryl methyl sites for hydroxylation is 1. The monoisotopic (exact) mass is 467 g/mol. The molecule has 0 spiro atoms. The van der Waals surface area contributed by atoms with Crippen molar-refractivity contribution in [1.29, 1.82) is 0 Å². The number of hydrogen-bond donors (Lipinski definition) is 2. The molecule has 5 nitrogen and oxygen atoms in total. The van der Waals surface area contributed by atoms with Crippen LogP contribution in [0.25, 0.3) is 5.69 Å². The SMILES string of the molecule is Cc1ccc(C2C(c3ccccn3)NC(=S)N2CCCNc2ccccc2)n1-c1ccccc1.